The van der Waals surface area contributed by atoms with Gasteiger partial charge in [-0.05, 0) is 37.5 Å². The fraction of sp³-hybridized carbons (Fsp3) is 0.417. The van der Waals surface area contributed by atoms with E-state index in [0.29, 0.717) is 6.61 Å². The van der Waals surface area contributed by atoms with Crippen molar-refractivity contribution in [1.82, 2.24) is 0 Å². The van der Waals surface area contributed by atoms with Gasteiger partial charge in [-0.15, -0.1) is 12.4 Å². The molecule has 0 aliphatic carbocycles. The first-order valence-corrected chi connectivity index (χ1v) is 5.19. The lowest BCUT2D eigenvalue weighted by Crippen LogP contribution is -2.04. The van der Waals surface area contributed by atoms with Gasteiger partial charge in [0.15, 0.2) is 0 Å². The molecule has 0 bridgehead atoms. The highest BCUT2D eigenvalue weighted by atomic mass is 35.5. The largest absolute Gasteiger partial charge is 0.478 e. The highest BCUT2D eigenvalue weighted by molar-refractivity contribution is 5.91. The summed E-state index contributed by atoms with van der Waals surface area (Å²) in [5.74, 6) is 0.214. The van der Waals surface area contributed by atoms with Gasteiger partial charge in [0.2, 0.25) is 5.90 Å². The molecular weight excluding hydrogens is 226 g/mol. The second-order valence-corrected chi connectivity index (χ2v) is 3.29. The van der Waals surface area contributed by atoms with Crippen molar-refractivity contribution in [3.8, 4) is 0 Å². The van der Waals surface area contributed by atoms with Gasteiger partial charge in [0, 0.05) is 12.2 Å². The maximum Gasteiger partial charge on any atom is 0.213 e. The Labute approximate surface area is 102 Å². The quantitative estimate of drug-likeness (QED) is 0.616. The van der Waals surface area contributed by atoms with Gasteiger partial charge in [-0.3, -0.25) is 5.41 Å². The molecule has 0 radical (unpaired) electrons. The molecule has 0 aromatic heterocycles. The maximum atomic E-state index is 8.69. The van der Waals surface area contributed by atoms with Crippen molar-refractivity contribution in [3.63, 3.8) is 0 Å². The van der Waals surface area contributed by atoms with Gasteiger partial charge in [-0.2, -0.15) is 0 Å². The van der Waals surface area contributed by atoms with Gasteiger partial charge in [0.05, 0.1) is 6.61 Å². The van der Waals surface area contributed by atoms with E-state index in [1.54, 1.807) is 0 Å². The smallest absolute Gasteiger partial charge is 0.213 e. The van der Waals surface area contributed by atoms with Crippen LogP contribution in [0.3, 0.4) is 0 Å². The van der Waals surface area contributed by atoms with Gasteiger partial charge in [0.1, 0.15) is 0 Å². The molecule has 1 rings (SSSR count). The summed E-state index contributed by atoms with van der Waals surface area (Å²) in [5.41, 5.74) is 1.97. The van der Waals surface area contributed by atoms with Crippen LogP contribution in [-0.2, 0) is 11.2 Å². The van der Waals surface area contributed by atoms with E-state index in [1.165, 1.54) is 5.56 Å². The summed E-state index contributed by atoms with van der Waals surface area (Å²) in [6.07, 6.45) is 1.65. The van der Waals surface area contributed by atoms with Crippen molar-refractivity contribution in [3.05, 3.63) is 35.4 Å². The summed E-state index contributed by atoms with van der Waals surface area (Å²) in [6, 6.07) is 7.70. The van der Waals surface area contributed by atoms with Gasteiger partial charge >= 0.3 is 0 Å². The van der Waals surface area contributed by atoms with Crippen LogP contribution in [0.1, 0.15) is 24.5 Å². The predicted molar refractivity (Wildman–Crippen MR) is 67.6 cm³/mol. The third-order valence-corrected chi connectivity index (χ3v) is 2.13. The van der Waals surface area contributed by atoms with Crippen LogP contribution in [-0.4, -0.2) is 24.2 Å². The van der Waals surface area contributed by atoms with Crippen LogP contribution in [0.2, 0.25) is 0 Å². The second kappa shape index (κ2) is 8.13. The fourth-order valence-corrected chi connectivity index (χ4v) is 1.33. The Hall–Kier alpha value is -1.06. The Balaban J connectivity index is 0.00000225. The Morgan fingerprint density at radius 1 is 1.31 bits per heavy atom. The molecule has 0 fully saturated rings. The standard InChI is InChI=1S/C12H17NO2.ClH/c1-2-15-12(13)11-7-5-10(6-8-11)4-3-9-14;/h5-8,13-14H,2-4,9H2,1H3;1H. The number of rotatable bonds is 5. The van der Waals surface area contributed by atoms with Gasteiger partial charge < -0.3 is 9.84 Å². The number of ether oxygens (including phenoxy) is 1. The van der Waals surface area contributed by atoms with Gasteiger partial charge in [0.25, 0.3) is 0 Å². The Morgan fingerprint density at radius 3 is 2.44 bits per heavy atom. The lowest BCUT2D eigenvalue weighted by Gasteiger charge is -2.05. The first kappa shape index (κ1) is 14.9. The summed E-state index contributed by atoms with van der Waals surface area (Å²) >= 11 is 0. The summed E-state index contributed by atoms with van der Waals surface area (Å²) in [6.45, 7) is 2.60. The number of aliphatic hydroxyl groups excluding tert-OH is 1. The molecule has 2 N–H and O–H groups in total. The normalized spacial score (nSPS) is 9.38. The lowest BCUT2D eigenvalue weighted by atomic mass is 10.1. The van der Waals surface area contributed by atoms with E-state index in [1.807, 2.05) is 31.2 Å². The van der Waals surface area contributed by atoms with E-state index >= 15 is 0 Å². The molecule has 16 heavy (non-hydrogen) atoms. The molecule has 0 atom stereocenters. The van der Waals surface area contributed by atoms with Gasteiger partial charge in [-0.25, -0.2) is 0 Å². The summed E-state index contributed by atoms with van der Waals surface area (Å²) in [4.78, 5) is 0. The third kappa shape index (κ3) is 4.64. The lowest BCUT2D eigenvalue weighted by molar-refractivity contribution is 0.288. The van der Waals surface area contributed by atoms with E-state index in [0.717, 1.165) is 18.4 Å². The molecule has 0 unspecified atom stereocenters. The zero-order valence-electron chi connectivity index (χ0n) is 9.40. The number of aliphatic hydroxyl groups is 1. The molecule has 0 heterocycles. The van der Waals surface area contributed by atoms with Gasteiger partial charge in [-0.1, -0.05) is 12.1 Å². The molecule has 0 aliphatic rings. The molecule has 3 nitrogen and oxygen atoms in total. The second-order valence-electron chi connectivity index (χ2n) is 3.29. The average molecular weight is 244 g/mol. The topological polar surface area (TPSA) is 53.3 Å². The van der Waals surface area contributed by atoms with E-state index in [9.17, 15) is 0 Å². The minimum absolute atomic E-state index is 0. The molecule has 0 spiro atoms. The van der Waals surface area contributed by atoms with Crippen molar-refractivity contribution < 1.29 is 9.84 Å². The van der Waals surface area contributed by atoms with Crippen molar-refractivity contribution in [2.24, 2.45) is 0 Å². The van der Waals surface area contributed by atoms with Crippen molar-refractivity contribution in [2.75, 3.05) is 13.2 Å². The molecule has 0 amide bonds. The number of benzene rings is 1. The molecule has 90 valence electrons. The van der Waals surface area contributed by atoms with Crippen LogP contribution in [0.15, 0.2) is 24.3 Å². The van der Waals surface area contributed by atoms with E-state index < -0.39 is 0 Å². The average Bonchev–Trinajstić information content (AvgIpc) is 2.27. The molecule has 1 aromatic rings. The van der Waals surface area contributed by atoms with E-state index in [4.69, 9.17) is 15.3 Å². The molecule has 0 saturated carbocycles. The molecule has 0 aliphatic heterocycles. The van der Waals surface area contributed by atoms with Crippen molar-refractivity contribution in [1.29, 1.82) is 5.41 Å². The maximum absolute atomic E-state index is 8.69. The number of halogens is 1. The monoisotopic (exact) mass is 243 g/mol. The number of hydrogen-bond donors (Lipinski definition) is 2. The van der Waals surface area contributed by atoms with Crippen LogP contribution >= 0.6 is 12.4 Å². The SMILES string of the molecule is CCOC(=N)c1ccc(CCCO)cc1.Cl. The fourth-order valence-electron chi connectivity index (χ4n) is 1.33. The number of aryl methyl sites for hydroxylation is 1. The molecular formula is C12H18ClNO2. The molecule has 0 saturated heterocycles. The minimum atomic E-state index is 0. The van der Waals surface area contributed by atoms with E-state index in [-0.39, 0.29) is 24.9 Å². The number of nitrogens with one attached hydrogen (secondary N) is 1. The van der Waals surface area contributed by atoms with Crippen LogP contribution in [0, 0.1) is 5.41 Å². The first-order chi connectivity index (χ1) is 7.27. The summed E-state index contributed by atoms with van der Waals surface area (Å²) in [7, 11) is 0. The summed E-state index contributed by atoms with van der Waals surface area (Å²) in [5, 5.41) is 16.3. The van der Waals surface area contributed by atoms with E-state index in [2.05, 4.69) is 0 Å². The third-order valence-electron chi connectivity index (χ3n) is 2.13. The summed E-state index contributed by atoms with van der Waals surface area (Å²) < 4.78 is 5.09. The Bertz CT molecular complexity index is 311. The Morgan fingerprint density at radius 2 is 1.94 bits per heavy atom. The van der Waals surface area contributed by atoms with Crippen LogP contribution in [0.25, 0.3) is 0 Å². The molecule has 4 heteroatoms. The predicted octanol–water partition coefficient (Wildman–Crippen LogP) is 2.40. The first-order valence-electron chi connectivity index (χ1n) is 5.19. The minimum Gasteiger partial charge on any atom is -0.478 e. The zero-order chi connectivity index (χ0) is 11.1. The zero-order valence-corrected chi connectivity index (χ0v) is 10.2. The van der Waals surface area contributed by atoms with Crippen LogP contribution < -0.4 is 0 Å². The highest BCUT2D eigenvalue weighted by Crippen LogP contribution is 2.07. The molecule has 1 aromatic carbocycles. The van der Waals surface area contributed by atoms with Crippen molar-refractivity contribution >= 4 is 18.3 Å². The highest BCUT2D eigenvalue weighted by Gasteiger charge is 2.01. The van der Waals surface area contributed by atoms with Crippen LogP contribution in [0.4, 0.5) is 0 Å². The Kier molecular flexibility index (Phi) is 7.60. The van der Waals surface area contributed by atoms with Crippen molar-refractivity contribution in [2.45, 2.75) is 19.8 Å². The number of hydrogen-bond acceptors (Lipinski definition) is 3. The van der Waals surface area contributed by atoms with Crippen LogP contribution in [0.5, 0.6) is 0 Å².